The largest absolute Gasteiger partial charge is 0.455 e. The molecule has 5 rings (SSSR count). The van der Waals surface area contributed by atoms with Crippen LogP contribution in [-0.4, -0.2) is 36.2 Å². The number of anilines is 1. The number of para-hydroxylation sites is 1. The quantitative estimate of drug-likeness (QED) is 0.360. The molecule has 2 aliphatic carbocycles. The van der Waals surface area contributed by atoms with E-state index < -0.39 is 11.6 Å². The Balaban J connectivity index is 1.35. The summed E-state index contributed by atoms with van der Waals surface area (Å²) in [5.74, 6) is 2.00. The minimum atomic E-state index is -0.934. The van der Waals surface area contributed by atoms with Crippen molar-refractivity contribution < 1.29 is 14.6 Å². The lowest BCUT2D eigenvalue weighted by atomic mass is 9.97. The number of carbonyl (C=O) groups excluding carboxylic acids is 1. The summed E-state index contributed by atoms with van der Waals surface area (Å²) in [5.41, 5.74) is -0.144. The summed E-state index contributed by atoms with van der Waals surface area (Å²) in [5, 5.41) is 21.7. The van der Waals surface area contributed by atoms with Gasteiger partial charge in [0.05, 0.1) is 18.3 Å². The number of aromatic nitrogens is 4. The fourth-order valence-corrected chi connectivity index (χ4v) is 5.97. The van der Waals surface area contributed by atoms with Gasteiger partial charge in [-0.2, -0.15) is 10.2 Å². The first kappa shape index (κ1) is 27.1. The minimum absolute atomic E-state index is 0.292. The molecule has 0 bridgehead atoms. The van der Waals surface area contributed by atoms with Crippen LogP contribution in [0.5, 0.6) is 11.5 Å². The summed E-state index contributed by atoms with van der Waals surface area (Å²) >= 11 is 0. The van der Waals surface area contributed by atoms with Gasteiger partial charge < -0.3 is 15.2 Å². The van der Waals surface area contributed by atoms with Gasteiger partial charge in [-0.05, 0) is 56.6 Å². The first-order valence-electron chi connectivity index (χ1n) is 14.2. The van der Waals surface area contributed by atoms with Gasteiger partial charge in [-0.25, -0.2) is 4.68 Å². The Labute approximate surface area is 229 Å². The van der Waals surface area contributed by atoms with E-state index in [-0.39, 0.29) is 11.5 Å². The molecule has 2 aromatic heterocycles. The van der Waals surface area contributed by atoms with E-state index in [4.69, 9.17) is 4.74 Å². The van der Waals surface area contributed by atoms with E-state index in [2.05, 4.69) is 21.6 Å². The molecule has 1 amide bonds. The molecule has 0 unspecified atom stereocenters. The lowest BCUT2D eigenvalue weighted by Gasteiger charge is -2.21. The van der Waals surface area contributed by atoms with Crippen LogP contribution >= 0.6 is 0 Å². The molecule has 2 saturated carbocycles. The predicted octanol–water partition coefficient (Wildman–Crippen LogP) is 5.42. The van der Waals surface area contributed by atoms with Crippen LogP contribution in [0.4, 0.5) is 5.82 Å². The van der Waals surface area contributed by atoms with Crippen molar-refractivity contribution in [1.29, 1.82) is 0 Å². The number of aliphatic hydroxyl groups is 1. The molecule has 2 heterocycles. The number of nitrogens with zero attached hydrogens (tertiary/aromatic N) is 4. The lowest BCUT2D eigenvalue weighted by Crippen LogP contribution is -2.36. The molecule has 2 fully saturated rings. The molecule has 208 valence electrons. The zero-order valence-corrected chi connectivity index (χ0v) is 22.9. The Kier molecular flexibility index (Phi) is 8.16. The molecule has 3 aromatic rings. The molecule has 0 saturated heterocycles. The molecular weight excluding hydrogens is 494 g/mol. The Morgan fingerprint density at radius 3 is 2.56 bits per heavy atom. The molecule has 1 atom stereocenters. The molecule has 0 radical (unpaired) electrons. The Morgan fingerprint density at radius 2 is 1.85 bits per heavy atom. The second kappa shape index (κ2) is 11.7. The third-order valence-electron chi connectivity index (χ3n) is 7.81. The molecule has 0 spiro atoms. The SMILES string of the molecule is CC(C)(O)Cn1ccc(NC(=O)[C@H](CC2CCCC2)n2ncc(Oc3ccccc3C3CCCC3)cc2=O)n1. The number of benzene rings is 1. The minimum Gasteiger partial charge on any atom is -0.455 e. The van der Waals surface area contributed by atoms with Crippen LogP contribution in [0.1, 0.15) is 89.2 Å². The van der Waals surface area contributed by atoms with Crippen molar-refractivity contribution >= 4 is 11.7 Å². The summed E-state index contributed by atoms with van der Waals surface area (Å²) in [6.45, 7) is 3.69. The van der Waals surface area contributed by atoms with Crippen molar-refractivity contribution in [1.82, 2.24) is 19.6 Å². The van der Waals surface area contributed by atoms with Gasteiger partial charge >= 0.3 is 0 Å². The summed E-state index contributed by atoms with van der Waals surface area (Å²) in [7, 11) is 0. The fraction of sp³-hybridized carbons (Fsp3) is 0.533. The second-order valence-electron chi connectivity index (χ2n) is 11.7. The molecule has 0 aliphatic heterocycles. The van der Waals surface area contributed by atoms with Crippen molar-refractivity contribution in [2.45, 2.75) is 95.7 Å². The number of hydrogen-bond donors (Lipinski definition) is 2. The van der Waals surface area contributed by atoms with Crippen molar-refractivity contribution in [2.75, 3.05) is 5.32 Å². The smallest absolute Gasteiger partial charge is 0.271 e. The van der Waals surface area contributed by atoms with E-state index in [1.165, 1.54) is 35.4 Å². The maximum absolute atomic E-state index is 13.5. The Morgan fingerprint density at radius 1 is 1.13 bits per heavy atom. The highest BCUT2D eigenvalue weighted by molar-refractivity contribution is 5.92. The summed E-state index contributed by atoms with van der Waals surface area (Å²) in [6.07, 6.45) is 12.9. The Hall–Kier alpha value is -3.46. The van der Waals surface area contributed by atoms with Crippen molar-refractivity contribution in [3.05, 3.63) is 64.7 Å². The van der Waals surface area contributed by atoms with Gasteiger partial charge in [0.15, 0.2) is 11.6 Å². The average molecular weight is 534 g/mol. The summed E-state index contributed by atoms with van der Waals surface area (Å²) in [4.78, 5) is 26.8. The topological polar surface area (TPSA) is 111 Å². The van der Waals surface area contributed by atoms with Crippen LogP contribution in [0.25, 0.3) is 0 Å². The van der Waals surface area contributed by atoms with Crippen LogP contribution < -0.4 is 15.6 Å². The predicted molar refractivity (Wildman–Crippen MR) is 149 cm³/mol. The molecule has 9 nitrogen and oxygen atoms in total. The van der Waals surface area contributed by atoms with E-state index in [0.29, 0.717) is 36.4 Å². The van der Waals surface area contributed by atoms with Crippen molar-refractivity contribution in [2.24, 2.45) is 5.92 Å². The first-order chi connectivity index (χ1) is 18.7. The number of hydrogen-bond acceptors (Lipinski definition) is 6. The molecule has 2 N–H and O–H groups in total. The molecule has 9 heteroatoms. The number of carbonyl (C=O) groups is 1. The number of nitrogens with one attached hydrogen (secondary N) is 1. The monoisotopic (exact) mass is 533 g/mol. The van der Waals surface area contributed by atoms with Gasteiger partial charge in [0.2, 0.25) is 0 Å². The highest BCUT2D eigenvalue weighted by Crippen LogP contribution is 2.40. The van der Waals surface area contributed by atoms with E-state index >= 15 is 0 Å². The van der Waals surface area contributed by atoms with Crippen LogP contribution in [0.15, 0.2) is 53.6 Å². The highest BCUT2D eigenvalue weighted by atomic mass is 16.5. The summed E-state index contributed by atoms with van der Waals surface area (Å²) < 4.78 is 9.02. The number of amides is 1. The molecule has 2 aliphatic rings. The zero-order valence-electron chi connectivity index (χ0n) is 22.9. The van der Waals surface area contributed by atoms with Crippen LogP contribution in [0, 0.1) is 5.92 Å². The van der Waals surface area contributed by atoms with Gasteiger partial charge in [-0.3, -0.25) is 14.3 Å². The number of rotatable bonds is 10. The number of ether oxygens (including phenoxy) is 1. The maximum Gasteiger partial charge on any atom is 0.271 e. The van der Waals surface area contributed by atoms with Crippen LogP contribution in [0.2, 0.25) is 0 Å². The standard InChI is InChI=1S/C30H39N5O4/c1-30(2,38)20-34-16-15-27(33-34)32-29(37)25(17-21-9-3-4-10-21)35-28(36)18-23(19-31-35)39-26-14-8-7-13-24(26)22-11-5-6-12-22/h7-8,13-16,18-19,21-22,25,38H,3-6,9-12,17,20H2,1-2H3,(H,32,33,37)/t25-/m0/s1. The third kappa shape index (κ3) is 6.95. The fourth-order valence-electron chi connectivity index (χ4n) is 5.97. The van der Waals surface area contributed by atoms with Crippen molar-refractivity contribution in [3.63, 3.8) is 0 Å². The lowest BCUT2D eigenvalue weighted by molar-refractivity contribution is -0.120. The third-order valence-corrected chi connectivity index (χ3v) is 7.81. The molecule has 1 aromatic carbocycles. The van der Waals surface area contributed by atoms with E-state index in [9.17, 15) is 14.7 Å². The van der Waals surface area contributed by atoms with Crippen LogP contribution in [-0.2, 0) is 11.3 Å². The van der Waals surface area contributed by atoms with E-state index in [1.54, 1.807) is 30.8 Å². The van der Waals surface area contributed by atoms with E-state index in [0.717, 1.165) is 44.3 Å². The molecular formula is C30H39N5O4. The molecule has 39 heavy (non-hydrogen) atoms. The van der Waals surface area contributed by atoms with Gasteiger partial charge in [0.1, 0.15) is 11.8 Å². The van der Waals surface area contributed by atoms with Gasteiger partial charge in [0.25, 0.3) is 11.5 Å². The maximum atomic E-state index is 13.5. The second-order valence-corrected chi connectivity index (χ2v) is 11.7. The zero-order chi connectivity index (χ0) is 27.4. The van der Waals surface area contributed by atoms with Crippen LogP contribution in [0.3, 0.4) is 0 Å². The van der Waals surface area contributed by atoms with Gasteiger partial charge in [0, 0.05) is 18.3 Å². The average Bonchev–Trinajstić information content (AvgIpc) is 3.66. The van der Waals surface area contributed by atoms with Gasteiger partial charge in [-0.15, -0.1) is 0 Å². The normalized spacial score (nSPS) is 17.4. The Bertz CT molecular complexity index is 1330. The summed E-state index contributed by atoms with van der Waals surface area (Å²) in [6, 6.07) is 10.3. The highest BCUT2D eigenvalue weighted by Gasteiger charge is 2.29. The van der Waals surface area contributed by atoms with Crippen molar-refractivity contribution in [3.8, 4) is 11.5 Å². The first-order valence-corrected chi connectivity index (χ1v) is 14.2. The van der Waals surface area contributed by atoms with Gasteiger partial charge in [-0.1, -0.05) is 56.7 Å². The van der Waals surface area contributed by atoms with E-state index in [1.807, 2.05) is 18.2 Å².